The van der Waals surface area contributed by atoms with E-state index in [0.717, 1.165) is 21.9 Å². The third-order valence-electron chi connectivity index (χ3n) is 4.45. The van der Waals surface area contributed by atoms with Gasteiger partial charge in [0.2, 0.25) is 0 Å². The van der Waals surface area contributed by atoms with Gasteiger partial charge in [0.15, 0.2) is 10.6 Å². The Labute approximate surface area is 130 Å². The van der Waals surface area contributed by atoms with Gasteiger partial charge in [-0.25, -0.2) is 0 Å². The summed E-state index contributed by atoms with van der Waals surface area (Å²) in [5, 5.41) is 7.42. The second kappa shape index (κ2) is 6.02. The van der Waals surface area contributed by atoms with Crippen molar-refractivity contribution in [2.45, 2.75) is 38.6 Å². The third kappa shape index (κ3) is 2.75. The van der Waals surface area contributed by atoms with Crippen molar-refractivity contribution < 1.29 is 4.74 Å². The maximum Gasteiger partial charge on any atom is 0.195 e. The van der Waals surface area contributed by atoms with Crippen LogP contribution in [0.25, 0.3) is 11.4 Å². The van der Waals surface area contributed by atoms with E-state index in [9.17, 15) is 0 Å². The molecule has 112 valence electrons. The fraction of sp³-hybridized carbons (Fsp3) is 0.500. The van der Waals surface area contributed by atoms with Crippen molar-refractivity contribution in [3.8, 4) is 17.1 Å². The van der Waals surface area contributed by atoms with Crippen molar-refractivity contribution in [3.63, 3.8) is 0 Å². The number of benzene rings is 1. The number of rotatable bonds is 3. The molecule has 0 radical (unpaired) electrons. The maximum atomic E-state index is 5.48. The molecule has 1 aliphatic rings. The van der Waals surface area contributed by atoms with Crippen molar-refractivity contribution in [1.29, 1.82) is 0 Å². The minimum atomic E-state index is 0.446. The van der Waals surface area contributed by atoms with Crippen molar-refractivity contribution >= 4 is 12.2 Å². The Hall–Kier alpha value is -1.62. The summed E-state index contributed by atoms with van der Waals surface area (Å²) in [6.45, 7) is 2.32. The molecule has 0 saturated heterocycles. The Morgan fingerprint density at radius 3 is 2.62 bits per heavy atom. The van der Waals surface area contributed by atoms with Crippen LogP contribution < -0.4 is 4.74 Å². The first kappa shape index (κ1) is 14.3. The van der Waals surface area contributed by atoms with Crippen LogP contribution >= 0.6 is 12.2 Å². The van der Waals surface area contributed by atoms with Crippen molar-refractivity contribution in [1.82, 2.24) is 14.8 Å². The SMILES string of the molecule is COc1ccc(-c2n[nH]c(=S)n2[C@H]2CCCC[C@H]2C)cc1. The highest BCUT2D eigenvalue weighted by Gasteiger charge is 2.26. The van der Waals surface area contributed by atoms with E-state index in [1.54, 1.807) is 7.11 Å². The predicted molar refractivity (Wildman–Crippen MR) is 86.1 cm³/mol. The molecule has 1 fully saturated rings. The molecule has 0 amide bonds. The molecule has 3 rings (SSSR count). The van der Waals surface area contributed by atoms with Crippen molar-refractivity contribution in [2.24, 2.45) is 5.92 Å². The van der Waals surface area contributed by atoms with E-state index in [2.05, 4.69) is 21.7 Å². The zero-order valence-corrected chi connectivity index (χ0v) is 13.3. The van der Waals surface area contributed by atoms with E-state index in [0.29, 0.717) is 12.0 Å². The number of nitrogens with zero attached hydrogens (tertiary/aromatic N) is 2. The minimum absolute atomic E-state index is 0.446. The van der Waals surface area contributed by atoms with Gasteiger partial charge in [0.25, 0.3) is 0 Å². The van der Waals surface area contributed by atoms with Crippen molar-refractivity contribution in [2.75, 3.05) is 7.11 Å². The number of nitrogens with one attached hydrogen (secondary N) is 1. The van der Waals surface area contributed by atoms with Gasteiger partial charge in [0.1, 0.15) is 5.75 Å². The highest BCUT2D eigenvalue weighted by atomic mass is 32.1. The second-order valence-corrected chi connectivity index (χ2v) is 6.17. The average molecular weight is 303 g/mol. The first-order chi connectivity index (χ1) is 10.2. The van der Waals surface area contributed by atoms with E-state index in [-0.39, 0.29) is 0 Å². The molecule has 1 aromatic carbocycles. The van der Waals surface area contributed by atoms with Gasteiger partial charge < -0.3 is 4.74 Å². The molecule has 1 aliphatic carbocycles. The second-order valence-electron chi connectivity index (χ2n) is 5.78. The summed E-state index contributed by atoms with van der Waals surface area (Å²) in [5.74, 6) is 2.42. The topological polar surface area (TPSA) is 42.8 Å². The molecule has 1 saturated carbocycles. The summed E-state index contributed by atoms with van der Waals surface area (Å²) in [6, 6.07) is 8.44. The van der Waals surface area contributed by atoms with Crippen LogP contribution in [-0.4, -0.2) is 21.9 Å². The number of ether oxygens (including phenoxy) is 1. The quantitative estimate of drug-likeness (QED) is 0.856. The van der Waals surface area contributed by atoms with Crippen LogP contribution in [0.15, 0.2) is 24.3 Å². The highest BCUT2D eigenvalue weighted by molar-refractivity contribution is 7.71. The van der Waals surface area contributed by atoms with Crippen molar-refractivity contribution in [3.05, 3.63) is 29.0 Å². The largest absolute Gasteiger partial charge is 0.497 e. The molecule has 0 bridgehead atoms. The Morgan fingerprint density at radius 1 is 1.24 bits per heavy atom. The van der Waals surface area contributed by atoms with Gasteiger partial charge in [-0.2, -0.15) is 5.10 Å². The van der Waals surface area contributed by atoms with Gasteiger partial charge in [-0.05, 0) is 55.2 Å². The van der Waals surface area contributed by atoms with Gasteiger partial charge in [-0.1, -0.05) is 19.8 Å². The van der Waals surface area contributed by atoms with Gasteiger partial charge >= 0.3 is 0 Å². The number of H-pyrrole nitrogens is 1. The molecule has 1 aromatic heterocycles. The number of hydrogen-bond acceptors (Lipinski definition) is 3. The normalized spacial score (nSPS) is 22.2. The molecule has 2 atom stereocenters. The third-order valence-corrected chi connectivity index (χ3v) is 4.74. The van der Waals surface area contributed by atoms with Crippen LogP contribution in [0, 0.1) is 10.7 Å². The number of hydrogen-bond donors (Lipinski definition) is 1. The zero-order chi connectivity index (χ0) is 14.8. The number of aromatic amines is 1. The molecule has 0 spiro atoms. The Bertz CT molecular complexity index is 659. The van der Waals surface area contributed by atoms with Crippen LogP contribution in [0.1, 0.15) is 38.6 Å². The highest BCUT2D eigenvalue weighted by Crippen LogP contribution is 2.36. The predicted octanol–water partition coefficient (Wildman–Crippen LogP) is 4.37. The lowest BCUT2D eigenvalue weighted by Crippen LogP contribution is -2.22. The zero-order valence-electron chi connectivity index (χ0n) is 12.5. The fourth-order valence-corrected chi connectivity index (χ4v) is 3.50. The molecular formula is C16H21N3OS. The molecule has 1 heterocycles. The lowest BCUT2D eigenvalue weighted by Gasteiger charge is -2.30. The van der Waals surface area contributed by atoms with E-state index in [4.69, 9.17) is 17.0 Å². The lowest BCUT2D eigenvalue weighted by molar-refractivity contribution is 0.257. The molecule has 0 unspecified atom stereocenters. The number of aromatic nitrogens is 3. The van der Waals surface area contributed by atoms with Gasteiger partial charge in [-0.15, -0.1) is 0 Å². The molecular weight excluding hydrogens is 282 g/mol. The lowest BCUT2D eigenvalue weighted by atomic mass is 9.85. The summed E-state index contributed by atoms with van der Waals surface area (Å²) in [7, 11) is 1.68. The van der Waals surface area contributed by atoms with Crippen LogP contribution in [0.4, 0.5) is 0 Å². The van der Waals surface area contributed by atoms with E-state index < -0.39 is 0 Å². The number of methoxy groups -OCH3 is 1. The van der Waals surface area contributed by atoms with Crippen LogP contribution in [0.2, 0.25) is 0 Å². The van der Waals surface area contributed by atoms with E-state index >= 15 is 0 Å². The Morgan fingerprint density at radius 2 is 1.95 bits per heavy atom. The molecule has 0 aliphatic heterocycles. The standard InChI is InChI=1S/C16H21N3OS/c1-11-5-3-4-6-14(11)19-15(17-18-16(19)21)12-7-9-13(20-2)10-8-12/h7-11,14H,3-6H2,1-2H3,(H,18,21)/t11-,14+/m1/s1. The summed E-state index contributed by atoms with van der Waals surface area (Å²) in [4.78, 5) is 0. The molecule has 2 aromatic rings. The summed E-state index contributed by atoms with van der Waals surface area (Å²) in [6.07, 6.45) is 5.03. The van der Waals surface area contributed by atoms with Crippen LogP contribution in [0.3, 0.4) is 0 Å². The van der Waals surface area contributed by atoms with Crippen LogP contribution in [-0.2, 0) is 0 Å². The smallest absolute Gasteiger partial charge is 0.195 e. The monoisotopic (exact) mass is 303 g/mol. The minimum Gasteiger partial charge on any atom is -0.497 e. The van der Waals surface area contributed by atoms with Gasteiger partial charge in [-0.3, -0.25) is 9.67 Å². The first-order valence-electron chi connectivity index (χ1n) is 7.52. The summed E-state index contributed by atoms with van der Waals surface area (Å²) < 4.78 is 8.15. The Balaban J connectivity index is 2.01. The summed E-state index contributed by atoms with van der Waals surface area (Å²) in [5.41, 5.74) is 1.07. The maximum absolute atomic E-state index is 5.48. The molecule has 21 heavy (non-hydrogen) atoms. The van der Waals surface area contributed by atoms with Gasteiger partial charge in [0, 0.05) is 11.6 Å². The molecule has 5 heteroatoms. The molecule has 1 N–H and O–H groups in total. The molecule has 4 nitrogen and oxygen atoms in total. The van der Waals surface area contributed by atoms with E-state index in [1.165, 1.54) is 25.7 Å². The van der Waals surface area contributed by atoms with Gasteiger partial charge in [0.05, 0.1) is 7.11 Å². The Kier molecular flexibility index (Phi) is 4.10. The summed E-state index contributed by atoms with van der Waals surface area (Å²) >= 11 is 5.48. The first-order valence-corrected chi connectivity index (χ1v) is 7.93. The van der Waals surface area contributed by atoms with E-state index in [1.807, 2.05) is 24.3 Å². The average Bonchev–Trinajstić information content (AvgIpc) is 2.89. The fourth-order valence-electron chi connectivity index (χ4n) is 3.24. The van der Waals surface area contributed by atoms with Crippen LogP contribution in [0.5, 0.6) is 5.75 Å².